The number of nitrogens with one attached hydrogen (secondary N) is 1. The maximum absolute atomic E-state index is 13.2. The molecule has 0 aliphatic rings. The standard InChI is InChI=1S/C23H22ClN5O3/c1-11-7-14(13(3)27-16-5-6-18(24)28-19(16)23(25)31)22-15(8-11)20(30)12(2)21(32-22)17-9-29(4)10-26-17/h5-10,13,27H,1-4H3,(H2,25,31)/t13-/m1/s1. The van der Waals surface area contributed by atoms with Gasteiger partial charge in [-0.2, -0.15) is 0 Å². The highest BCUT2D eigenvalue weighted by atomic mass is 35.5. The Balaban J connectivity index is 1.88. The highest BCUT2D eigenvalue weighted by molar-refractivity contribution is 6.29. The van der Waals surface area contributed by atoms with Crippen LogP contribution in [-0.2, 0) is 7.05 Å². The summed E-state index contributed by atoms with van der Waals surface area (Å²) in [5.74, 6) is -0.276. The average molecular weight is 452 g/mol. The van der Waals surface area contributed by atoms with E-state index in [1.807, 2.05) is 33.0 Å². The van der Waals surface area contributed by atoms with Crippen LogP contribution in [0.3, 0.4) is 0 Å². The molecule has 0 saturated heterocycles. The molecule has 8 nitrogen and oxygen atoms in total. The molecule has 0 saturated carbocycles. The van der Waals surface area contributed by atoms with Crippen molar-refractivity contribution >= 4 is 34.2 Å². The van der Waals surface area contributed by atoms with E-state index in [9.17, 15) is 9.59 Å². The number of nitrogens with two attached hydrogens (primary N) is 1. The second-order valence-corrected chi connectivity index (χ2v) is 8.19. The number of pyridine rings is 1. The quantitative estimate of drug-likeness (QED) is 0.441. The van der Waals surface area contributed by atoms with Crippen LogP contribution in [0.25, 0.3) is 22.4 Å². The monoisotopic (exact) mass is 451 g/mol. The first-order chi connectivity index (χ1) is 15.2. The summed E-state index contributed by atoms with van der Waals surface area (Å²) in [7, 11) is 1.85. The summed E-state index contributed by atoms with van der Waals surface area (Å²) in [6.45, 7) is 5.54. The van der Waals surface area contributed by atoms with E-state index in [0.29, 0.717) is 33.7 Å². The van der Waals surface area contributed by atoms with E-state index in [2.05, 4.69) is 15.3 Å². The first-order valence-electron chi connectivity index (χ1n) is 9.95. The van der Waals surface area contributed by atoms with Crippen LogP contribution in [0.15, 0.2) is 46.0 Å². The van der Waals surface area contributed by atoms with Gasteiger partial charge in [-0.25, -0.2) is 9.97 Å². The normalized spacial score (nSPS) is 12.2. The van der Waals surface area contributed by atoms with Gasteiger partial charge in [-0.15, -0.1) is 0 Å². The molecule has 4 aromatic rings. The lowest BCUT2D eigenvalue weighted by Crippen LogP contribution is -2.18. The number of amides is 1. The first-order valence-corrected chi connectivity index (χ1v) is 10.3. The lowest BCUT2D eigenvalue weighted by atomic mass is 9.99. The van der Waals surface area contributed by atoms with Crippen LogP contribution in [-0.4, -0.2) is 20.4 Å². The lowest BCUT2D eigenvalue weighted by Gasteiger charge is -2.19. The number of hydrogen-bond donors (Lipinski definition) is 2. The first kappa shape index (κ1) is 21.6. The fourth-order valence-corrected chi connectivity index (χ4v) is 3.86. The number of benzene rings is 1. The van der Waals surface area contributed by atoms with Gasteiger partial charge in [0.15, 0.2) is 16.9 Å². The number of nitrogens with zero attached hydrogens (tertiary/aromatic N) is 3. The number of hydrogen-bond acceptors (Lipinski definition) is 6. The van der Waals surface area contributed by atoms with E-state index >= 15 is 0 Å². The fourth-order valence-electron chi connectivity index (χ4n) is 3.71. The van der Waals surface area contributed by atoms with E-state index in [0.717, 1.165) is 11.1 Å². The predicted molar refractivity (Wildman–Crippen MR) is 124 cm³/mol. The Morgan fingerprint density at radius 2 is 2.03 bits per heavy atom. The van der Waals surface area contributed by atoms with Crippen LogP contribution in [0.1, 0.15) is 40.1 Å². The van der Waals surface area contributed by atoms with E-state index in [4.69, 9.17) is 21.8 Å². The number of rotatable bonds is 5. The summed E-state index contributed by atoms with van der Waals surface area (Å²) in [4.78, 5) is 33.4. The Kier molecular flexibility index (Phi) is 5.48. The highest BCUT2D eigenvalue weighted by Crippen LogP contribution is 2.32. The minimum absolute atomic E-state index is 0.0350. The molecule has 0 aliphatic heterocycles. The molecule has 4 rings (SSSR count). The van der Waals surface area contributed by atoms with Crippen molar-refractivity contribution in [3.05, 3.63) is 74.6 Å². The second kappa shape index (κ2) is 8.12. The van der Waals surface area contributed by atoms with Gasteiger partial charge in [0, 0.05) is 24.4 Å². The molecule has 1 amide bonds. The number of carbonyl (C=O) groups excluding carboxylic acids is 1. The van der Waals surface area contributed by atoms with Gasteiger partial charge in [-0.1, -0.05) is 17.7 Å². The van der Waals surface area contributed by atoms with Crippen molar-refractivity contribution < 1.29 is 9.21 Å². The number of imidazole rings is 1. The third-order valence-corrected chi connectivity index (χ3v) is 5.47. The van der Waals surface area contributed by atoms with Gasteiger partial charge in [0.2, 0.25) is 0 Å². The number of carbonyl (C=O) groups is 1. The second-order valence-electron chi connectivity index (χ2n) is 7.80. The Morgan fingerprint density at radius 1 is 1.28 bits per heavy atom. The number of anilines is 1. The molecule has 3 aromatic heterocycles. The van der Waals surface area contributed by atoms with Gasteiger partial charge in [-0.3, -0.25) is 9.59 Å². The molecule has 0 aliphatic carbocycles. The van der Waals surface area contributed by atoms with E-state index in [1.165, 1.54) is 0 Å². The molecule has 1 aromatic carbocycles. The van der Waals surface area contributed by atoms with Crippen molar-refractivity contribution in [3.63, 3.8) is 0 Å². The third-order valence-electron chi connectivity index (χ3n) is 5.26. The Bertz CT molecular complexity index is 1420. The molecule has 1 atom stereocenters. The number of aromatic nitrogens is 3. The predicted octanol–water partition coefficient (Wildman–Crippen LogP) is 4.13. The SMILES string of the molecule is Cc1cc([C@@H](C)Nc2ccc(Cl)nc2C(N)=O)c2oc(-c3cn(C)cn3)c(C)c(=O)c2c1. The minimum Gasteiger partial charge on any atom is -0.453 e. The molecule has 32 heavy (non-hydrogen) atoms. The van der Waals surface area contributed by atoms with Crippen LogP contribution >= 0.6 is 11.6 Å². The largest absolute Gasteiger partial charge is 0.453 e. The summed E-state index contributed by atoms with van der Waals surface area (Å²) in [5.41, 5.74) is 9.00. The zero-order chi connectivity index (χ0) is 23.2. The summed E-state index contributed by atoms with van der Waals surface area (Å²) in [6, 6.07) is 6.61. The minimum atomic E-state index is -0.698. The van der Waals surface area contributed by atoms with E-state index in [-0.39, 0.29) is 22.3 Å². The Morgan fingerprint density at radius 3 is 2.69 bits per heavy atom. The Hall–Kier alpha value is -3.65. The highest BCUT2D eigenvalue weighted by Gasteiger charge is 2.21. The fraction of sp³-hybridized carbons (Fsp3) is 0.217. The Labute approximate surface area is 189 Å². The van der Waals surface area contributed by atoms with E-state index < -0.39 is 5.91 Å². The number of fused-ring (bicyclic) bond motifs is 1. The van der Waals surface area contributed by atoms with Crippen molar-refractivity contribution in [2.45, 2.75) is 26.8 Å². The smallest absolute Gasteiger partial charge is 0.269 e. The van der Waals surface area contributed by atoms with Crippen molar-refractivity contribution in [1.29, 1.82) is 0 Å². The van der Waals surface area contributed by atoms with Gasteiger partial charge in [0.1, 0.15) is 16.4 Å². The molecule has 0 spiro atoms. The van der Waals surface area contributed by atoms with Gasteiger partial charge in [0.05, 0.1) is 23.4 Å². The van der Waals surface area contributed by atoms with Crippen LogP contribution in [0, 0.1) is 13.8 Å². The van der Waals surface area contributed by atoms with Crippen LogP contribution < -0.4 is 16.5 Å². The molecule has 164 valence electrons. The van der Waals surface area contributed by atoms with Crippen molar-refractivity contribution in [2.75, 3.05) is 5.32 Å². The topological polar surface area (TPSA) is 116 Å². The third kappa shape index (κ3) is 3.85. The van der Waals surface area contributed by atoms with Crippen molar-refractivity contribution in [3.8, 4) is 11.5 Å². The zero-order valence-corrected chi connectivity index (χ0v) is 18.8. The molecule has 0 radical (unpaired) electrons. The van der Waals surface area contributed by atoms with Crippen molar-refractivity contribution in [2.24, 2.45) is 12.8 Å². The molecular weight excluding hydrogens is 430 g/mol. The van der Waals surface area contributed by atoms with Crippen LogP contribution in [0.4, 0.5) is 5.69 Å². The van der Waals surface area contributed by atoms with Crippen molar-refractivity contribution in [1.82, 2.24) is 14.5 Å². The summed E-state index contributed by atoms with van der Waals surface area (Å²) >= 11 is 5.92. The summed E-state index contributed by atoms with van der Waals surface area (Å²) in [6.07, 6.45) is 3.45. The molecule has 3 N–H and O–H groups in total. The van der Waals surface area contributed by atoms with Gasteiger partial charge < -0.3 is 20.0 Å². The van der Waals surface area contributed by atoms with E-state index in [1.54, 1.807) is 36.1 Å². The maximum atomic E-state index is 13.2. The van der Waals surface area contributed by atoms with Gasteiger partial charge >= 0.3 is 0 Å². The maximum Gasteiger partial charge on any atom is 0.269 e. The lowest BCUT2D eigenvalue weighted by molar-refractivity contribution is 0.0996. The summed E-state index contributed by atoms with van der Waals surface area (Å²) < 4.78 is 8.06. The number of primary amides is 1. The molecule has 9 heteroatoms. The number of aryl methyl sites for hydroxylation is 2. The average Bonchev–Trinajstić information content (AvgIpc) is 3.17. The zero-order valence-electron chi connectivity index (χ0n) is 18.1. The van der Waals surface area contributed by atoms with Crippen LogP contribution in [0.2, 0.25) is 5.15 Å². The molecule has 0 fully saturated rings. The van der Waals surface area contributed by atoms with Gasteiger partial charge in [-0.05, 0) is 44.5 Å². The number of halogens is 1. The van der Waals surface area contributed by atoms with Gasteiger partial charge in [0.25, 0.3) is 5.91 Å². The van der Waals surface area contributed by atoms with Crippen LogP contribution in [0.5, 0.6) is 0 Å². The summed E-state index contributed by atoms with van der Waals surface area (Å²) in [5, 5.41) is 3.90. The molecular formula is C23H22ClN5O3. The molecule has 0 unspecified atom stereocenters. The molecule has 0 bridgehead atoms. The molecule has 3 heterocycles.